The molecular weight excluding hydrogens is 281 g/mol. The molecule has 0 aliphatic rings. The van der Waals surface area contributed by atoms with E-state index in [1.165, 1.54) is 12.1 Å². The van der Waals surface area contributed by atoms with Crippen LogP contribution in [0.3, 0.4) is 0 Å². The van der Waals surface area contributed by atoms with Crippen LogP contribution in [0, 0.1) is 5.82 Å². The van der Waals surface area contributed by atoms with Crippen molar-refractivity contribution in [3.05, 3.63) is 47.1 Å². The zero-order valence-electron chi connectivity index (χ0n) is 11.1. The fourth-order valence-corrected chi connectivity index (χ4v) is 1.62. The molecule has 0 fully saturated rings. The van der Waals surface area contributed by atoms with Crippen molar-refractivity contribution in [1.82, 2.24) is 9.97 Å². The summed E-state index contributed by atoms with van der Waals surface area (Å²) in [5, 5.41) is 3.20. The molecule has 0 spiro atoms. The van der Waals surface area contributed by atoms with Crippen molar-refractivity contribution in [3.63, 3.8) is 0 Å². The van der Waals surface area contributed by atoms with Crippen molar-refractivity contribution < 1.29 is 9.13 Å². The molecule has 6 heteroatoms. The fourth-order valence-electron chi connectivity index (χ4n) is 1.50. The first-order valence-corrected chi connectivity index (χ1v) is 6.69. The summed E-state index contributed by atoms with van der Waals surface area (Å²) in [5.74, 6) is 0.629. The van der Waals surface area contributed by atoms with Gasteiger partial charge in [-0.25, -0.2) is 9.37 Å². The van der Waals surface area contributed by atoms with Crippen LogP contribution in [0.2, 0.25) is 5.02 Å². The van der Waals surface area contributed by atoms with Crippen molar-refractivity contribution in [3.8, 4) is 5.75 Å². The van der Waals surface area contributed by atoms with E-state index in [2.05, 4.69) is 22.2 Å². The molecule has 1 N–H and O–H groups in total. The zero-order valence-corrected chi connectivity index (χ0v) is 11.8. The van der Waals surface area contributed by atoms with E-state index in [1.54, 1.807) is 18.5 Å². The number of aromatic nitrogens is 2. The van der Waals surface area contributed by atoms with Crippen LogP contribution in [-0.2, 0) is 6.61 Å². The number of nitrogens with zero attached hydrogens (tertiary/aromatic N) is 2. The SMILES string of the molecule is CCCNc1cnc(COc2ccc(Cl)c(F)c2)cn1. The van der Waals surface area contributed by atoms with Crippen LogP contribution < -0.4 is 10.1 Å². The summed E-state index contributed by atoms with van der Waals surface area (Å²) in [4.78, 5) is 8.43. The lowest BCUT2D eigenvalue weighted by atomic mass is 10.3. The first kappa shape index (κ1) is 14.5. The quantitative estimate of drug-likeness (QED) is 0.883. The van der Waals surface area contributed by atoms with Gasteiger partial charge in [-0.2, -0.15) is 0 Å². The molecule has 1 aromatic carbocycles. The molecule has 1 aromatic heterocycles. The smallest absolute Gasteiger partial charge is 0.145 e. The van der Waals surface area contributed by atoms with Gasteiger partial charge in [0.15, 0.2) is 0 Å². The number of ether oxygens (including phenoxy) is 1. The molecule has 106 valence electrons. The third-order valence-corrected chi connectivity index (χ3v) is 2.85. The summed E-state index contributed by atoms with van der Waals surface area (Å²) in [7, 11) is 0. The average Bonchev–Trinajstić information content (AvgIpc) is 2.47. The summed E-state index contributed by atoms with van der Waals surface area (Å²) in [6, 6.07) is 4.30. The summed E-state index contributed by atoms with van der Waals surface area (Å²) in [6.45, 7) is 3.16. The standard InChI is InChI=1S/C14H15ClFN3O/c1-2-5-17-14-8-18-10(7-19-14)9-20-11-3-4-12(15)13(16)6-11/h3-4,6-8H,2,5,9H2,1H3,(H,17,19). The number of nitrogens with one attached hydrogen (secondary N) is 1. The number of rotatable bonds is 6. The summed E-state index contributed by atoms with van der Waals surface area (Å²) in [5.41, 5.74) is 0.669. The van der Waals surface area contributed by atoms with Crippen LogP contribution in [-0.4, -0.2) is 16.5 Å². The highest BCUT2D eigenvalue weighted by atomic mass is 35.5. The summed E-state index contributed by atoms with van der Waals surface area (Å²) < 4.78 is 18.7. The molecular formula is C14H15ClFN3O. The Kier molecular flexibility index (Phi) is 5.12. The van der Waals surface area contributed by atoms with Gasteiger partial charge in [0.2, 0.25) is 0 Å². The molecule has 0 radical (unpaired) electrons. The maximum atomic E-state index is 13.2. The van der Waals surface area contributed by atoms with Crippen LogP contribution in [0.15, 0.2) is 30.6 Å². The van der Waals surface area contributed by atoms with E-state index in [9.17, 15) is 4.39 Å². The van der Waals surface area contributed by atoms with Crippen LogP contribution >= 0.6 is 11.6 Å². The van der Waals surface area contributed by atoms with Gasteiger partial charge in [0.25, 0.3) is 0 Å². The minimum atomic E-state index is -0.505. The second kappa shape index (κ2) is 7.05. The lowest BCUT2D eigenvalue weighted by Crippen LogP contribution is -2.04. The van der Waals surface area contributed by atoms with E-state index >= 15 is 0 Å². The Labute approximate surface area is 122 Å². The third kappa shape index (κ3) is 4.06. The molecule has 0 aliphatic heterocycles. The Balaban J connectivity index is 1.91. The van der Waals surface area contributed by atoms with Gasteiger partial charge in [0.05, 0.1) is 23.1 Å². The van der Waals surface area contributed by atoms with Gasteiger partial charge >= 0.3 is 0 Å². The maximum absolute atomic E-state index is 13.2. The monoisotopic (exact) mass is 295 g/mol. The number of halogens is 2. The predicted molar refractivity (Wildman–Crippen MR) is 76.6 cm³/mol. The topological polar surface area (TPSA) is 47.0 Å². The maximum Gasteiger partial charge on any atom is 0.145 e. The molecule has 0 aliphatic carbocycles. The highest BCUT2D eigenvalue weighted by molar-refractivity contribution is 6.30. The molecule has 0 saturated carbocycles. The Bertz CT molecular complexity index is 563. The zero-order chi connectivity index (χ0) is 14.4. The number of benzene rings is 1. The number of anilines is 1. The van der Waals surface area contributed by atoms with Crippen LogP contribution in [0.1, 0.15) is 19.0 Å². The van der Waals surface area contributed by atoms with Crippen LogP contribution in [0.5, 0.6) is 5.75 Å². The number of hydrogen-bond acceptors (Lipinski definition) is 4. The molecule has 1 heterocycles. The Morgan fingerprint density at radius 2 is 2.15 bits per heavy atom. The van der Waals surface area contributed by atoms with Gasteiger partial charge in [-0.1, -0.05) is 18.5 Å². The van der Waals surface area contributed by atoms with Gasteiger partial charge < -0.3 is 10.1 Å². The van der Waals surface area contributed by atoms with Crippen molar-refractivity contribution in [2.24, 2.45) is 0 Å². The lowest BCUT2D eigenvalue weighted by molar-refractivity contribution is 0.299. The van der Waals surface area contributed by atoms with Crippen molar-refractivity contribution >= 4 is 17.4 Å². The molecule has 20 heavy (non-hydrogen) atoms. The van der Waals surface area contributed by atoms with Crippen LogP contribution in [0.4, 0.5) is 10.2 Å². The first-order chi connectivity index (χ1) is 9.69. The summed E-state index contributed by atoms with van der Waals surface area (Å²) in [6.07, 6.45) is 4.30. The molecule has 0 bridgehead atoms. The van der Waals surface area contributed by atoms with E-state index in [1.807, 2.05) is 0 Å². The Morgan fingerprint density at radius 1 is 1.30 bits per heavy atom. The lowest BCUT2D eigenvalue weighted by Gasteiger charge is -2.07. The van der Waals surface area contributed by atoms with Crippen molar-refractivity contribution in [1.29, 1.82) is 0 Å². The first-order valence-electron chi connectivity index (χ1n) is 6.31. The minimum absolute atomic E-state index is 0.0727. The van der Waals surface area contributed by atoms with Gasteiger partial charge in [-0.05, 0) is 18.6 Å². The normalized spacial score (nSPS) is 10.3. The second-order valence-electron chi connectivity index (χ2n) is 4.18. The molecule has 4 nitrogen and oxygen atoms in total. The van der Waals surface area contributed by atoms with Gasteiger partial charge in [0, 0.05) is 12.6 Å². The fraction of sp³-hybridized carbons (Fsp3) is 0.286. The highest BCUT2D eigenvalue weighted by Gasteiger charge is 2.03. The largest absolute Gasteiger partial charge is 0.487 e. The molecule has 0 amide bonds. The van der Waals surface area contributed by atoms with Gasteiger partial charge in [-0.15, -0.1) is 0 Å². The summed E-state index contributed by atoms with van der Waals surface area (Å²) >= 11 is 5.60. The Morgan fingerprint density at radius 3 is 2.80 bits per heavy atom. The van der Waals surface area contributed by atoms with Crippen LogP contribution in [0.25, 0.3) is 0 Å². The predicted octanol–water partition coefficient (Wildman–Crippen LogP) is 3.67. The average molecular weight is 296 g/mol. The van der Waals surface area contributed by atoms with E-state index in [-0.39, 0.29) is 11.6 Å². The molecule has 2 rings (SSSR count). The van der Waals surface area contributed by atoms with E-state index in [4.69, 9.17) is 16.3 Å². The molecule has 0 saturated heterocycles. The van der Waals surface area contributed by atoms with Crippen molar-refractivity contribution in [2.45, 2.75) is 20.0 Å². The molecule has 2 aromatic rings. The molecule has 0 atom stereocenters. The minimum Gasteiger partial charge on any atom is -0.487 e. The Hall–Kier alpha value is -1.88. The second-order valence-corrected chi connectivity index (χ2v) is 4.59. The van der Waals surface area contributed by atoms with E-state index in [0.717, 1.165) is 18.8 Å². The molecule has 0 unspecified atom stereocenters. The van der Waals surface area contributed by atoms with E-state index in [0.29, 0.717) is 11.4 Å². The van der Waals surface area contributed by atoms with Gasteiger partial charge in [0.1, 0.15) is 24.0 Å². The highest BCUT2D eigenvalue weighted by Crippen LogP contribution is 2.20. The number of hydrogen-bond donors (Lipinski definition) is 1. The van der Waals surface area contributed by atoms with Gasteiger partial charge in [-0.3, -0.25) is 4.98 Å². The van der Waals surface area contributed by atoms with Crippen molar-refractivity contribution in [2.75, 3.05) is 11.9 Å². The van der Waals surface area contributed by atoms with E-state index < -0.39 is 5.82 Å². The third-order valence-electron chi connectivity index (χ3n) is 2.54.